The minimum absolute atomic E-state index is 0.136. The molecule has 0 heterocycles. The van der Waals surface area contributed by atoms with Crippen LogP contribution in [0.5, 0.6) is 5.75 Å². The van der Waals surface area contributed by atoms with Crippen LogP contribution >= 0.6 is 0 Å². The lowest BCUT2D eigenvalue weighted by Gasteiger charge is -2.07. The Morgan fingerprint density at radius 2 is 1.58 bits per heavy atom. The molecule has 0 amide bonds. The summed E-state index contributed by atoms with van der Waals surface area (Å²) in [6.45, 7) is 0. The van der Waals surface area contributed by atoms with E-state index in [9.17, 15) is 20.2 Å². The highest BCUT2D eigenvalue weighted by atomic mass is 16.7. The SMILES string of the molecule is O=[N+]([O-])c1ccc(O/N=C(/CC/C=C/c2ccccc2)CCc2ccccc2)c([N+](=O)[O-])c1. The Balaban J connectivity index is 1.73. The molecule has 0 spiro atoms. The second kappa shape index (κ2) is 11.9. The molecule has 3 aromatic carbocycles. The lowest BCUT2D eigenvalue weighted by Crippen LogP contribution is -2.04. The first-order chi connectivity index (χ1) is 16.0. The average molecular weight is 445 g/mol. The van der Waals surface area contributed by atoms with Gasteiger partial charge in [-0.15, -0.1) is 0 Å². The quantitative estimate of drug-likeness (QED) is 0.194. The monoisotopic (exact) mass is 445 g/mol. The Labute approximate surface area is 191 Å². The number of nitro benzene ring substituents is 2. The number of oxime groups is 1. The van der Waals surface area contributed by atoms with Crippen LogP contribution in [0.3, 0.4) is 0 Å². The van der Waals surface area contributed by atoms with Crippen molar-refractivity contribution in [2.45, 2.75) is 25.7 Å². The van der Waals surface area contributed by atoms with Gasteiger partial charge in [-0.05, 0) is 42.9 Å². The highest BCUT2D eigenvalue weighted by molar-refractivity contribution is 5.84. The largest absolute Gasteiger partial charge is 0.350 e. The third-order valence-corrected chi connectivity index (χ3v) is 4.88. The summed E-state index contributed by atoms with van der Waals surface area (Å²) < 4.78 is 0. The zero-order chi connectivity index (χ0) is 23.5. The van der Waals surface area contributed by atoms with Gasteiger partial charge in [-0.1, -0.05) is 78.0 Å². The van der Waals surface area contributed by atoms with Crippen molar-refractivity contribution >= 4 is 23.2 Å². The molecule has 3 aromatic rings. The number of benzene rings is 3. The minimum atomic E-state index is -0.718. The number of nitrogens with zero attached hydrogens (tertiary/aromatic N) is 3. The van der Waals surface area contributed by atoms with Gasteiger partial charge in [-0.3, -0.25) is 20.2 Å². The van der Waals surface area contributed by atoms with E-state index in [2.05, 4.69) is 5.16 Å². The number of allylic oxidation sites excluding steroid dienone is 1. The molecule has 0 bridgehead atoms. The topological polar surface area (TPSA) is 108 Å². The van der Waals surface area contributed by atoms with E-state index >= 15 is 0 Å². The molecule has 0 aliphatic heterocycles. The summed E-state index contributed by atoms with van der Waals surface area (Å²) >= 11 is 0. The Bertz CT molecular complexity index is 1150. The maximum atomic E-state index is 11.3. The van der Waals surface area contributed by atoms with E-state index in [1.54, 1.807) is 0 Å². The van der Waals surface area contributed by atoms with Gasteiger partial charge < -0.3 is 4.84 Å². The van der Waals surface area contributed by atoms with Crippen molar-refractivity contribution < 1.29 is 14.7 Å². The zero-order valence-electron chi connectivity index (χ0n) is 17.9. The van der Waals surface area contributed by atoms with Gasteiger partial charge in [-0.25, -0.2) is 0 Å². The lowest BCUT2D eigenvalue weighted by atomic mass is 10.0. The molecule has 168 valence electrons. The van der Waals surface area contributed by atoms with Crippen LogP contribution in [0.1, 0.15) is 30.4 Å². The third kappa shape index (κ3) is 7.39. The van der Waals surface area contributed by atoms with Crippen LogP contribution in [0.2, 0.25) is 0 Å². The number of hydrogen-bond donors (Lipinski definition) is 0. The van der Waals surface area contributed by atoms with Gasteiger partial charge in [0, 0.05) is 6.07 Å². The van der Waals surface area contributed by atoms with Crippen molar-refractivity contribution in [3.63, 3.8) is 0 Å². The fourth-order valence-corrected chi connectivity index (χ4v) is 3.14. The van der Waals surface area contributed by atoms with Gasteiger partial charge in [0.1, 0.15) is 0 Å². The molecule has 0 fully saturated rings. The normalized spacial score (nSPS) is 11.5. The number of nitro groups is 2. The first kappa shape index (κ1) is 23.3. The minimum Gasteiger partial charge on any atom is -0.350 e. The molecule has 0 aliphatic carbocycles. The van der Waals surface area contributed by atoms with Crippen molar-refractivity contribution in [3.05, 3.63) is 116 Å². The lowest BCUT2D eigenvalue weighted by molar-refractivity contribution is -0.394. The molecule has 33 heavy (non-hydrogen) atoms. The van der Waals surface area contributed by atoms with Gasteiger partial charge in [0.15, 0.2) is 0 Å². The number of aryl methyl sites for hydroxylation is 1. The van der Waals surface area contributed by atoms with E-state index in [0.717, 1.165) is 35.4 Å². The van der Waals surface area contributed by atoms with Crippen molar-refractivity contribution in [1.29, 1.82) is 0 Å². The molecular formula is C25H23N3O5. The molecule has 0 aromatic heterocycles. The zero-order valence-corrected chi connectivity index (χ0v) is 17.9. The Morgan fingerprint density at radius 1 is 0.879 bits per heavy atom. The predicted molar refractivity (Wildman–Crippen MR) is 127 cm³/mol. The molecular weight excluding hydrogens is 422 g/mol. The van der Waals surface area contributed by atoms with Crippen LogP contribution in [0, 0.1) is 20.2 Å². The van der Waals surface area contributed by atoms with Gasteiger partial charge in [0.2, 0.25) is 5.75 Å². The molecule has 0 saturated heterocycles. The summed E-state index contributed by atoms with van der Waals surface area (Å²) in [5.41, 5.74) is 2.10. The summed E-state index contributed by atoms with van der Waals surface area (Å²) in [6, 6.07) is 23.1. The Kier molecular flexibility index (Phi) is 8.41. The van der Waals surface area contributed by atoms with Crippen molar-refractivity contribution in [2.24, 2.45) is 5.16 Å². The summed E-state index contributed by atoms with van der Waals surface area (Å²) in [6.07, 6.45) is 6.75. The molecule has 0 radical (unpaired) electrons. The smallest absolute Gasteiger partial charge is 0.321 e. The van der Waals surface area contributed by atoms with Gasteiger partial charge in [0.25, 0.3) is 5.69 Å². The molecule has 3 rings (SSSR count). The number of hydrogen-bond acceptors (Lipinski definition) is 6. The fraction of sp³-hybridized carbons (Fsp3) is 0.160. The third-order valence-electron chi connectivity index (χ3n) is 4.88. The van der Waals surface area contributed by atoms with Crippen molar-refractivity contribution in [2.75, 3.05) is 0 Å². The van der Waals surface area contributed by atoms with Crippen LogP contribution in [0.15, 0.2) is 90.1 Å². The molecule has 8 heteroatoms. The molecule has 0 aliphatic rings. The number of non-ortho nitro benzene ring substituents is 1. The van der Waals surface area contributed by atoms with E-state index in [-0.39, 0.29) is 11.4 Å². The van der Waals surface area contributed by atoms with Crippen LogP contribution < -0.4 is 4.84 Å². The van der Waals surface area contributed by atoms with E-state index in [1.807, 2.05) is 72.8 Å². The summed E-state index contributed by atoms with van der Waals surface area (Å²) in [5.74, 6) is -0.136. The van der Waals surface area contributed by atoms with E-state index in [0.29, 0.717) is 19.3 Å². The molecule has 0 N–H and O–H groups in total. The molecule has 0 saturated carbocycles. The summed E-state index contributed by atoms with van der Waals surface area (Å²) in [5, 5.41) is 26.5. The van der Waals surface area contributed by atoms with Gasteiger partial charge in [0.05, 0.1) is 21.6 Å². The first-order valence-electron chi connectivity index (χ1n) is 10.4. The molecule has 0 unspecified atom stereocenters. The van der Waals surface area contributed by atoms with Crippen LogP contribution in [-0.2, 0) is 6.42 Å². The van der Waals surface area contributed by atoms with Crippen LogP contribution in [-0.4, -0.2) is 15.6 Å². The first-order valence-corrected chi connectivity index (χ1v) is 10.4. The summed E-state index contributed by atoms with van der Waals surface area (Å²) in [7, 11) is 0. The van der Waals surface area contributed by atoms with Crippen molar-refractivity contribution in [1.82, 2.24) is 0 Å². The van der Waals surface area contributed by atoms with E-state index in [4.69, 9.17) is 4.84 Å². The maximum absolute atomic E-state index is 11.3. The number of rotatable bonds is 11. The van der Waals surface area contributed by atoms with Crippen molar-refractivity contribution in [3.8, 4) is 5.75 Å². The van der Waals surface area contributed by atoms with Gasteiger partial charge in [-0.2, -0.15) is 0 Å². The standard InChI is InChI=1S/C25H23N3O5/c29-27(30)23-17-18-25(24(19-23)28(31)32)33-26-22(16-15-21-11-5-2-6-12-21)14-8-7-13-20-9-3-1-4-10-20/h1-7,9-13,17-19H,8,14-16H2/b13-7+,26-22-. The molecule has 0 atom stereocenters. The fourth-order valence-electron chi connectivity index (χ4n) is 3.14. The van der Waals surface area contributed by atoms with Crippen LogP contribution in [0.25, 0.3) is 6.08 Å². The highest BCUT2D eigenvalue weighted by Gasteiger charge is 2.21. The predicted octanol–water partition coefficient (Wildman–Crippen LogP) is 6.36. The maximum Gasteiger partial charge on any atom is 0.321 e. The Hall–Kier alpha value is -4.33. The average Bonchev–Trinajstić information content (AvgIpc) is 2.84. The highest BCUT2D eigenvalue weighted by Crippen LogP contribution is 2.31. The van der Waals surface area contributed by atoms with Gasteiger partial charge >= 0.3 is 5.69 Å². The van der Waals surface area contributed by atoms with Crippen LogP contribution in [0.4, 0.5) is 11.4 Å². The Morgan fingerprint density at radius 3 is 2.24 bits per heavy atom. The van der Waals surface area contributed by atoms with E-state index < -0.39 is 15.5 Å². The van der Waals surface area contributed by atoms with E-state index in [1.165, 1.54) is 6.07 Å². The second-order valence-electron chi connectivity index (χ2n) is 7.25. The summed E-state index contributed by atoms with van der Waals surface area (Å²) in [4.78, 5) is 26.3. The molecule has 8 nitrogen and oxygen atoms in total. The second-order valence-corrected chi connectivity index (χ2v) is 7.25.